The summed E-state index contributed by atoms with van der Waals surface area (Å²) >= 11 is 1.30. The second-order valence-corrected chi connectivity index (χ2v) is 6.54. The molecule has 0 radical (unpaired) electrons. The molecule has 2 unspecified atom stereocenters. The van der Waals surface area contributed by atoms with Gasteiger partial charge < -0.3 is 14.7 Å². The normalized spacial score (nSPS) is 23.6. The van der Waals surface area contributed by atoms with E-state index in [9.17, 15) is 9.90 Å². The number of aliphatic carboxylic acids is 1. The summed E-state index contributed by atoms with van der Waals surface area (Å²) in [6, 6.07) is -0.182. The lowest BCUT2D eigenvalue weighted by atomic mass is 9.96. The van der Waals surface area contributed by atoms with Gasteiger partial charge in [-0.3, -0.25) is 4.79 Å². The van der Waals surface area contributed by atoms with Crippen LogP contribution < -0.4 is 4.90 Å². The molecule has 0 aromatic carbocycles. The second kappa shape index (κ2) is 5.05. The molecule has 1 aliphatic heterocycles. The minimum atomic E-state index is -0.824. The van der Waals surface area contributed by atoms with Gasteiger partial charge in [0.2, 0.25) is 5.13 Å². The molecule has 2 atom stereocenters. The Morgan fingerprint density at radius 1 is 1.47 bits per heavy atom. The molecule has 0 aliphatic carbocycles. The molecule has 106 valence electrons. The third-order valence-electron chi connectivity index (χ3n) is 3.25. The minimum Gasteiger partial charge on any atom is -0.481 e. The van der Waals surface area contributed by atoms with Crippen molar-refractivity contribution in [3.63, 3.8) is 0 Å². The van der Waals surface area contributed by atoms with Crippen molar-refractivity contribution < 1.29 is 14.6 Å². The summed E-state index contributed by atoms with van der Waals surface area (Å²) in [6.07, 6.45) is 0. The minimum absolute atomic E-state index is 0.103. The standard InChI is InChI=1S/C12H19N3O3S/c1-12(2,3)10-13-11(19-14-10)15(4)8-6-18-5-7(8)9(16)17/h7-8H,5-6H2,1-4H3,(H,16,17). The Morgan fingerprint density at radius 2 is 2.16 bits per heavy atom. The first-order chi connectivity index (χ1) is 8.80. The van der Waals surface area contributed by atoms with Crippen LogP contribution >= 0.6 is 11.5 Å². The Hall–Kier alpha value is -1.21. The average molecular weight is 285 g/mol. The molecule has 7 heteroatoms. The first-order valence-corrected chi connectivity index (χ1v) is 6.95. The number of carboxylic acid groups (broad SMARTS) is 1. The summed E-state index contributed by atoms with van der Waals surface area (Å²) in [5.74, 6) is -0.549. The third kappa shape index (κ3) is 2.87. The quantitative estimate of drug-likeness (QED) is 0.904. The smallest absolute Gasteiger partial charge is 0.311 e. The van der Waals surface area contributed by atoms with Crippen molar-refractivity contribution in [2.75, 3.05) is 25.2 Å². The van der Waals surface area contributed by atoms with E-state index in [1.165, 1.54) is 11.5 Å². The lowest BCUT2D eigenvalue weighted by molar-refractivity contribution is -0.141. The van der Waals surface area contributed by atoms with Crippen molar-refractivity contribution in [3.05, 3.63) is 5.82 Å². The number of carbonyl (C=O) groups is 1. The Kier molecular flexibility index (Phi) is 3.78. The summed E-state index contributed by atoms with van der Waals surface area (Å²) in [4.78, 5) is 17.6. The first kappa shape index (κ1) is 14.2. The molecular formula is C12H19N3O3S. The Balaban J connectivity index is 2.17. The van der Waals surface area contributed by atoms with Gasteiger partial charge in [-0.15, -0.1) is 0 Å². The summed E-state index contributed by atoms with van der Waals surface area (Å²) in [5, 5.41) is 9.92. The van der Waals surface area contributed by atoms with Crippen molar-refractivity contribution >= 4 is 22.6 Å². The van der Waals surface area contributed by atoms with E-state index >= 15 is 0 Å². The molecule has 0 spiro atoms. The Labute approximate surface area is 116 Å². The highest BCUT2D eigenvalue weighted by Gasteiger charge is 2.38. The first-order valence-electron chi connectivity index (χ1n) is 6.18. The van der Waals surface area contributed by atoms with Crippen molar-refractivity contribution in [2.24, 2.45) is 5.92 Å². The van der Waals surface area contributed by atoms with E-state index in [4.69, 9.17) is 4.74 Å². The van der Waals surface area contributed by atoms with E-state index in [-0.39, 0.29) is 18.1 Å². The molecule has 19 heavy (non-hydrogen) atoms. The molecule has 1 saturated heterocycles. The molecule has 1 aromatic rings. The predicted molar refractivity (Wildman–Crippen MR) is 72.7 cm³/mol. The maximum absolute atomic E-state index is 11.2. The fourth-order valence-electron chi connectivity index (χ4n) is 1.97. The van der Waals surface area contributed by atoms with Crippen LogP contribution in [0.1, 0.15) is 26.6 Å². The molecule has 0 bridgehead atoms. The number of hydrogen-bond donors (Lipinski definition) is 1. The van der Waals surface area contributed by atoms with Crippen LogP contribution in [-0.2, 0) is 14.9 Å². The van der Waals surface area contributed by atoms with Gasteiger partial charge in [0.25, 0.3) is 0 Å². The summed E-state index contributed by atoms with van der Waals surface area (Å²) < 4.78 is 9.63. The Morgan fingerprint density at radius 3 is 2.68 bits per heavy atom. The molecule has 0 amide bonds. The summed E-state index contributed by atoms with van der Waals surface area (Å²) in [7, 11) is 1.85. The van der Waals surface area contributed by atoms with Gasteiger partial charge in [-0.25, -0.2) is 4.98 Å². The highest BCUT2D eigenvalue weighted by Crippen LogP contribution is 2.29. The molecule has 2 rings (SSSR count). The maximum atomic E-state index is 11.2. The highest BCUT2D eigenvalue weighted by molar-refractivity contribution is 7.09. The number of hydrogen-bond acceptors (Lipinski definition) is 6. The number of likely N-dealkylation sites (N-methyl/N-ethyl adjacent to an activating group) is 1. The van der Waals surface area contributed by atoms with Gasteiger partial charge in [0.15, 0.2) is 0 Å². The van der Waals surface area contributed by atoms with Crippen molar-refractivity contribution in [1.29, 1.82) is 0 Å². The number of rotatable bonds is 3. The number of nitrogens with zero attached hydrogens (tertiary/aromatic N) is 3. The molecular weight excluding hydrogens is 266 g/mol. The van der Waals surface area contributed by atoms with Crippen LogP contribution in [0.3, 0.4) is 0 Å². The van der Waals surface area contributed by atoms with Crippen molar-refractivity contribution in [1.82, 2.24) is 9.36 Å². The van der Waals surface area contributed by atoms with Gasteiger partial charge in [-0.2, -0.15) is 4.37 Å². The number of ether oxygens (including phenoxy) is 1. The van der Waals surface area contributed by atoms with E-state index in [0.717, 1.165) is 11.0 Å². The molecule has 1 N–H and O–H groups in total. The topological polar surface area (TPSA) is 75.5 Å². The van der Waals surface area contributed by atoms with Crippen LogP contribution in [0.15, 0.2) is 0 Å². The van der Waals surface area contributed by atoms with E-state index in [1.54, 1.807) is 0 Å². The largest absolute Gasteiger partial charge is 0.481 e. The Bertz CT molecular complexity index is 469. The van der Waals surface area contributed by atoms with Crippen molar-refractivity contribution in [2.45, 2.75) is 32.2 Å². The molecule has 1 aliphatic rings. The van der Waals surface area contributed by atoms with Crippen LogP contribution in [0.2, 0.25) is 0 Å². The molecule has 1 aromatic heterocycles. The van der Waals surface area contributed by atoms with Crippen LogP contribution in [-0.4, -0.2) is 46.7 Å². The summed E-state index contributed by atoms with van der Waals surface area (Å²) in [5.41, 5.74) is -0.103. The number of anilines is 1. The highest BCUT2D eigenvalue weighted by atomic mass is 32.1. The van der Waals surface area contributed by atoms with Crippen LogP contribution in [0.4, 0.5) is 5.13 Å². The van der Waals surface area contributed by atoms with E-state index in [0.29, 0.717) is 6.61 Å². The average Bonchev–Trinajstić information content (AvgIpc) is 2.96. The van der Waals surface area contributed by atoms with Crippen LogP contribution in [0.25, 0.3) is 0 Å². The van der Waals surface area contributed by atoms with Gasteiger partial charge in [-0.1, -0.05) is 20.8 Å². The monoisotopic (exact) mass is 285 g/mol. The fraction of sp³-hybridized carbons (Fsp3) is 0.750. The zero-order chi connectivity index (χ0) is 14.2. The van der Waals surface area contributed by atoms with E-state index in [2.05, 4.69) is 30.1 Å². The fourth-order valence-corrected chi connectivity index (χ4v) is 2.84. The number of aromatic nitrogens is 2. The van der Waals surface area contributed by atoms with Crippen LogP contribution in [0, 0.1) is 5.92 Å². The van der Waals surface area contributed by atoms with E-state index < -0.39 is 11.9 Å². The lowest BCUT2D eigenvalue weighted by Gasteiger charge is -2.25. The van der Waals surface area contributed by atoms with E-state index in [1.807, 2.05) is 11.9 Å². The number of carboxylic acids is 1. The van der Waals surface area contributed by atoms with Gasteiger partial charge in [0.1, 0.15) is 11.7 Å². The zero-order valence-corrected chi connectivity index (χ0v) is 12.4. The zero-order valence-electron chi connectivity index (χ0n) is 11.6. The molecule has 6 nitrogen and oxygen atoms in total. The molecule has 1 fully saturated rings. The molecule has 2 heterocycles. The third-order valence-corrected chi connectivity index (χ3v) is 4.06. The van der Waals surface area contributed by atoms with Crippen molar-refractivity contribution in [3.8, 4) is 0 Å². The van der Waals surface area contributed by atoms with Gasteiger partial charge in [0, 0.05) is 24.0 Å². The second-order valence-electron chi connectivity index (χ2n) is 5.81. The molecule has 0 saturated carbocycles. The predicted octanol–water partition coefficient (Wildman–Crippen LogP) is 1.37. The van der Waals surface area contributed by atoms with Gasteiger partial charge in [0.05, 0.1) is 19.3 Å². The summed E-state index contributed by atoms with van der Waals surface area (Å²) in [6.45, 7) is 6.83. The van der Waals surface area contributed by atoms with Gasteiger partial charge >= 0.3 is 5.97 Å². The maximum Gasteiger partial charge on any atom is 0.311 e. The van der Waals surface area contributed by atoms with Gasteiger partial charge in [-0.05, 0) is 0 Å². The SMILES string of the molecule is CN(c1nc(C(C)(C)C)ns1)C1COCC1C(=O)O. The van der Waals surface area contributed by atoms with Crippen LogP contribution in [0.5, 0.6) is 0 Å². The lowest BCUT2D eigenvalue weighted by Crippen LogP contribution is -2.40.